The summed E-state index contributed by atoms with van der Waals surface area (Å²) in [6.45, 7) is 1.90. The maximum Gasteiger partial charge on any atom is 0.313 e. The summed E-state index contributed by atoms with van der Waals surface area (Å²) in [5.41, 5.74) is 1.41. The molecule has 0 radical (unpaired) electrons. The van der Waals surface area contributed by atoms with Gasteiger partial charge in [-0.25, -0.2) is 4.39 Å². The number of esters is 1. The molecule has 1 atom stereocenters. The van der Waals surface area contributed by atoms with Crippen molar-refractivity contribution >= 4 is 21.9 Å². The van der Waals surface area contributed by atoms with E-state index in [0.717, 1.165) is 35.7 Å². The Morgan fingerprint density at radius 1 is 1.42 bits per heavy atom. The van der Waals surface area contributed by atoms with Crippen LogP contribution in [0, 0.1) is 18.7 Å². The first-order valence-corrected chi connectivity index (χ1v) is 7.37. The van der Waals surface area contributed by atoms with Crippen molar-refractivity contribution in [1.29, 1.82) is 0 Å². The average molecular weight is 329 g/mol. The van der Waals surface area contributed by atoms with Crippen LogP contribution in [0.4, 0.5) is 4.39 Å². The third-order valence-electron chi connectivity index (χ3n) is 3.94. The summed E-state index contributed by atoms with van der Waals surface area (Å²) >= 11 is 3.31. The van der Waals surface area contributed by atoms with Crippen LogP contribution in [-0.4, -0.2) is 13.1 Å². The molecular weight excluding hydrogens is 311 g/mol. The number of ether oxygens (including phenoxy) is 1. The molecule has 0 aliphatic heterocycles. The molecule has 19 heavy (non-hydrogen) atoms. The van der Waals surface area contributed by atoms with Crippen LogP contribution in [0.2, 0.25) is 0 Å². The highest BCUT2D eigenvalue weighted by atomic mass is 79.9. The lowest BCUT2D eigenvalue weighted by Crippen LogP contribution is -2.22. The van der Waals surface area contributed by atoms with Crippen LogP contribution in [-0.2, 0) is 9.53 Å². The van der Waals surface area contributed by atoms with E-state index in [1.807, 2.05) is 6.92 Å². The Labute approximate surface area is 121 Å². The molecule has 0 aromatic heterocycles. The average Bonchev–Trinajstić information content (AvgIpc) is 2.89. The molecule has 1 aromatic rings. The van der Waals surface area contributed by atoms with Gasteiger partial charge >= 0.3 is 5.97 Å². The van der Waals surface area contributed by atoms with Gasteiger partial charge in [-0.15, -0.1) is 0 Å². The number of hydrogen-bond acceptors (Lipinski definition) is 2. The van der Waals surface area contributed by atoms with Gasteiger partial charge in [0.15, 0.2) is 0 Å². The molecule has 0 saturated heterocycles. The van der Waals surface area contributed by atoms with Crippen molar-refractivity contribution in [3.8, 4) is 0 Å². The van der Waals surface area contributed by atoms with Gasteiger partial charge in [-0.05, 0) is 37.3 Å². The van der Waals surface area contributed by atoms with Gasteiger partial charge in [0.25, 0.3) is 0 Å². The van der Waals surface area contributed by atoms with Crippen LogP contribution in [0.3, 0.4) is 0 Å². The third-order valence-corrected chi connectivity index (χ3v) is 4.79. The predicted molar refractivity (Wildman–Crippen MR) is 75.6 cm³/mol. The van der Waals surface area contributed by atoms with E-state index in [0.29, 0.717) is 5.56 Å². The maximum atomic E-state index is 14.2. The summed E-state index contributed by atoms with van der Waals surface area (Å²) in [4.78, 5) is 12.0. The molecule has 104 valence electrons. The molecule has 0 N–H and O–H groups in total. The summed E-state index contributed by atoms with van der Waals surface area (Å²) in [6.07, 6.45) is 4.15. The largest absolute Gasteiger partial charge is 0.469 e. The molecule has 4 heteroatoms. The number of benzene rings is 1. The number of halogens is 2. The number of methoxy groups -OCH3 is 1. The molecule has 1 fully saturated rings. The first-order valence-electron chi connectivity index (χ1n) is 6.58. The topological polar surface area (TPSA) is 26.3 Å². The van der Waals surface area contributed by atoms with Gasteiger partial charge in [0.1, 0.15) is 5.82 Å². The Morgan fingerprint density at radius 3 is 2.63 bits per heavy atom. The third kappa shape index (κ3) is 2.99. The van der Waals surface area contributed by atoms with Crippen LogP contribution >= 0.6 is 15.9 Å². The Morgan fingerprint density at radius 2 is 2.05 bits per heavy atom. The van der Waals surface area contributed by atoms with E-state index in [4.69, 9.17) is 4.74 Å². The first-order chi connectivity index (χ1) is 9.04. The SMILES string of the molecule is COC(=O)C(c1cc(C)c(Br)cc1F)C1CCCC1. The second-order valence-corrected chi connectivity index (χ2v) is 6.02. The Bertz CT molecular complexity index is 481. The number of rotatable bonds is 3. The lowest BCUT2D eigenvalue weighted by atomic mass is 9.84. The molecule has 1 aromatic carbocycles. The van der Waals surface area contributed by atoms with Gasteiger partial charge in [0.2, 0.25) is 0 Å². The van der Waals surface area contributed by atoms with Gasteiger partial charge in [0.05, 0.1) is 13.0 Å². The second kappa shape index (κ2) is 6.04. The summed E-state index contributed by atoms with van der Waals surface area (Å²) in [6, 6.07) is 3.20. The highest BCUT2D eigenvalue weighted by Gasteiger charge is 2.34. The van der Waals surface area contributed by atoms with Crippen molar-refractivity contribution in [3.05, 3.63) is 33.5 Å². The fraction of sp³-hybridized carbons (Fsp3) is 0.533. The van der Waals surface area contributed by atoms with Crippen LogP contribution in [0.15, 0.2) is 16.6 Å². The molecule has 0 bridgehead atoms. The van der Waals surface area contributed by atoms with Gasteiger partial charge in [-0.1, -0.05) is 34.8 Å². The molecule has 0 spiro atoms. The van der Waals surface area contributed by atoms with Crippen LogP contribution < -0.4 is 0 Å². The number of hydrogen-bond donors (Lipinski definition) is 0. The molecule has 1 aliphatic rings. The molecule has 1 aliphatic carbocycles. The Hall–Kier alpha value is -0.900. The molecular formula is C15H18BrFO2. The van der Waals surface area contributed by atoms with Crippen molar-refractivity contribution in [1.82, 2.24) is 0 Å². The molecule has 1 saturated carbocycles. The van der Waals surface area contributed by atoms with Gasteiger partial charge in [-0.3, -0.25) is 4.79 Å². The lowest BCUT2D eigenvalue weighted by Gasteiger charge is -2.22. The van der Waals surface area contributed by atoms with E-state index in [1.165, 1.54) is 13.2 Å². The van der Waals surface area contributed by atoms with Gasteiger partial charge in [0, 0.05) is 10.0 Å². The Kier molecular flexibility index (Phi) is 4.61. The standard InChI is InChI=1S/C15H18BrFO2/c1-9-7-11(13(17)8-12(9)16)14(15(18)19-2)10-5-3-4-6-10/h7-8,10,14H,3-6H2,1-2H3. The van der Waals surface area contributed by atoms with E-state index >= 15 is 0 Å². The predicted octanol–water partition coefficient (Wildman–Crippen LogP) is 4.34. The number of carbonyl (C=O) groups is 1. The van der Waals surface area contributed by atoms with Crippen LogP contribution in [0.1, 0.15) is 42.7 Å². The first kappa shape index (κ1) is 14.5. The highest BCUT2D eigenvalue weighted by Crippen LogP contribution is 2.40. The van der Waals surface area contributed by atoms with Crippen molar-refractivity contribution < 1.29 is 13.9 Å². The lowest BCUT2D eigenvalue weighted by molar-refractivity contribution is -0.143. The fourth-order valence-corrected chi connectivity index (χ4v) is 3.22. The van der Waals surface area contributed by atoms with E-state index < -0.39 is 5.92 Å². The highest BCUT2D eigenvalue weighted by molar-refractivity contribution is 9.10. The van der Waals surface area contributed by atoms with E-state index in [-0.39, 0.29) is 17.7 Å². The monoisotopic (exact) mass is 328 g/mol. The minimum absolute atomic E-state index is 0.197. The van der Waals surface area contributed by atoms with E-state index in [1.54, 1.807) is 6.07 Å². The quantitative estimate of drug-likeness (QED) is 0.771. The van der Waals surface area contributed by atoms with Crippen molar-refractivity contribution in [2.24, 2.45) is 5.92 Å². The smallest absolute Gasteiger partial charge is 0.313 e. The summed E-state index contributed by atoms with van der Waals surface area (Å²) in [5.74, 6) is -0.936. The van der Waals surface area contributed by atoms with Crippen LogP contribution in [0.5, 0.6) is 0 Å². The van der Waals surface area contributed by atoms with E-state index in [9.17, 15) is 9.18 Å². The fourth-order valence-electron chi connectivity index (χ4n) is 2.91. The molecule has 0 amide bonds. The van der Waals surface area contributed by atoms with Crippen molar-refractivity contribution in [3.63, 3.8) is 0 Å². The summed E-state index contributed by atoms with van der Waals surface area (Å²) < 4.78 is 19.8. The van der Waals surface area contributed by atoms with Crippen LogP contribution in [0.25, 0.3) is 0 Å². The number of aryl methyl sites for hydroxylation is 1. The Balaban J connectivity index is 2.42. The minimum Gasteiger partial charge on any atom is -0.469 e. The molecule has 2 nitrogen and oxygen atoms in total. The second-order valence-electron chi connectivity index (χ2n) is 5.17. The van der Waals surface area contributed by atoms with Crippen molar-refractivity contribution in [2.45, 2.75) is 38.5 Å². The van der Waals surface area contributed by atoms with Crippen molar-refractivity contribution in [2.75, 3.05) is 7.11 Å². The number of carbonyl (C=O) groups excluding carboxylic acids is 1. The zero-order chi connectivity index (χ0) is 14.0. The normalized spacial score (nSPS) is 17.5. The van der Waals surface area contributed by atoms with Gasteiger partial charge < -0.3 is 4.74 Å². The molecule has 1 unspecified atom stereocenters. The van der Waals surface area contributed by atoms with E-state index in [2.05, 4.69) is 15.9 Å². The molecule has 0 heterocycles. The summed E-state index contributed by atoms with van der Waals surface area (Å²) in [5, 5.41) is 0. The maximum absolute atomic E-state index is 14.2. The zero-order valence-corrected chi connectivity index (χ0v) is 12.8. The minimum atomic E-state index is -0.473. The van der Waals surface area contributed by atoms with Gasteiger partial charge in [-0.2, -0.15) is 0 Å². The zero-order valence-electron chi connectivity index (χ0n) is 11.2. The molecule has 2 rings (SSSR count). The summed E-state index contributed by atoms with van der Waals surface area (Å²) in [7, 11) is 1.37.